The molecule has 0 rings (SSSR count). The third kappa shape index (κ3) is 48.0. The van der Waals surface area contributed by atoms with Crippen molar-refractivity contribution in [3.8, 4) is 0 Å². The highest BCUT2D eigenvalue weighted by Gasteiger charge is 2.19. The van der Waals surface area contributed by atoms with Crippen molar-refractivity contribution in [2.75, 3.05) is 13.2 Å². The molecule has 0 bridgehead atoms. The smallest absolute Gasteiger partial charge is 0.306 e. The molecular formula is C55H96O6. The van der Waals surface area contributed by atoms with E-state index in [-0.39, 0.29) is 31.1 Å². The Balaban J connectivity index is 4.40. The molecule has 0 aromatic heterocycles. The Hall–Kier alpha value is -2.89. The molecule has 0 aromatic rings. The van der Waals surface area contributed by atoms with Crippen molar-refractivity contribution in [1.82, 2.24) is 0 Å². The van der Waals surface area contributed by atoms with Gasteiger partial charge in [-0.25, -0.2) is 0 Å². The number of ether oxygens (including phenoxy) is 3. The van der Waals surface area contributed by atoms with Crippen LogP contribution < -0.4 is 0 Å². The minimum Gasteiger partial charge on any atom is -0.462 e. The van der Waals surface area contributed by atoms with E-state index in [0.717, 1.165) is 96.3 Å². The lowest BCUT2D eigenvalue weighted by Gasteiger charge is -2.18. The standard InChI is InChI=1S/C55H96O6/c1-4-7-10-13-16-19-22-25-26-27-28-31-33-36-39-42-45-48-54(57)60-51-52(61-55(58)49-46-43-40-37-34-30-24-21-18-15-12-9-6-3)50-59-53(56)47-44-41-38-35-32-29-23-20-17-14-11-8-5-2/h9,12,16,18-19,21,25-26,30,34,52H,4-8,10-11,13-15,17,20,22-24,27-29,31-33,35-51H2,1-3H3/b12-9-,19-16-,21-18-,26-25-,34-30-. The van der Waals surface area contributed by atoms with Crippen LogP contribution in [0, 0.1) is 0 Å². The van der Waals surface area contributed by atoms with Crippen molar-refractivity contribution in [2.24, 2.45) is 0 Å². The molecule has 6 heteroatoms. The number of esters is 3. The van der Waals surface area contributed by atoms with Crippen LogP contribution >= 0.6 is 0 Å². The van der Waals surface area contributed by atoms with Crippen molar-refractivity contribution < 1.29 is 28.6 Å². The van der Waals surface area contributed by atoms with E-state index in [2.05, 4.69) is 81.5 Å². The minimum absolute atomic E-state index is 0.0869. The van der Waals surface area contributed by atoms with Crippen molar-refractivity contribution in [1.29, 1.82) is 0 Å². The largest absolute Gasteiger partial charge is 0.462 e. The Morgan fingerprint density at radius 1 is 0.344 bits per heavy atom. The molecule has 61 heavy (non-hydrogen) atoms. The van der Waals surface area contributed by atoms with Crippen LogP contribution in [0.2, 0.25) is 0 Å². The van der Waals surface area contributed by atoms with Gasteiger partial charge in [-0.2, -0.15) is 0 Å². The zero-order valence-electron chi connectivity index (χ0n) is 40.2. The first-order valence-electron chi connectivity index (χ1n) is 25.8. The zero-order chi connectivity index (χ0) is 44.4. The first-order valence-corrected chi connectivity index (χ1v) is 25.8. The van der Waals surface area contributed by atoms with Gasteiger partial charge in [0.05, 0.1) is 0 Å². The number of hydrogen-bond donors (Lipinski definition) is 0. The maximum Gasteiger partial charge on any atom is 0.306 e. The van der Waals surface area contributed by atoms with Gasteiger partial charge in [-0.3, -0.25) is 14.4 Å². The quantitative estimate of drug-likeness (QED) is 0.0263. The van der Waals surface area contributed by atoms with Gasteiger partial charge in [0.25, 0.3) is 0 Å². The molecule has 0 aliphatic rings. The van der Waals surface area contributed by atoms with Gasteiger partial charge >= 0.3 is 17.9 Å². The maximum absolute atomic E-state index is 12.8. The summed E-state index contributed by atoms with van der Waals surface area (Å²) >= 11 is 0. The highest BCUT2D eigenvalue weighted by molar-refractivity contribution is 5.71. The summed E-state index contributed by atoms with van der Waals surface area (Å²) in [6.45, 7) is 6.47. The Bertz CT molecular complexity index is 1120. The molecule has 0 saturated carbocycles. The monoisotopic (exact) mass is 853 g/mol. The molecule has 6 nitrogen and oxygen atoms in total. The lowest BCUT2D eigenvalue weighted by Crippen LogP contribution is -2.30. The van der Waals surface area contributed by atoms with Crippen LogP contribution in [0.3, 0.4) is 0 Å². The molecule has 0 spiro atoms. The number of hydrogen-bond acceptors (Lipinski definition) is 6. The fraction of sp³-hybridized carbons (Fsp3) is 0.764. The Kier molecular flexibility index (Phi) is 47.4. The van der Waals surface area contributed by atoms with Crippen molar-refractivity contribution in [2.45, 2.75) is 258 Å². The molecule has 0 heterocycles. The lowest BCUT2D eigenvalue weighted by molar-refractivity contribution is -0.167. The van der Waals surface area contributed by atoms with Gasteiger partial charge in [-0.1, -0.05) is 210 Å². The summed E-state index contributed by atoms with van der Waals surface area (Å²) in [4.78, 5) is 37.9. The van der Waals surface area contributed by atoms with Crippen LogP contribution in [0.15, 0.2) is 60.8 Å². The molecule has 0 fully saturated rings. The molecule has 0 saturated heterocycles. The molecule has 1 unspecified atom stereocenters. The second kappa shape index (κ2) is 49.8. The second-order valence-corrected chi connectivity index (χ2v) is 17.1. The van der Waals surface area contributed by atoms with Gasteiger partial charge in [-0.15, -0.1) is 0 Å². The number of rotatable bonds is 46. The lowest BCUT2D eigenvalue weighted by atomic mass is 10.0. The SMILES string of the molecule is CC/C=C\C/C=C\C/C=C\CCCCCC(=O)OC(COC(=O)CCCCCCCCC/C=C\C/C=C\CCCCC)COC(=O)CCCCCCCCCCCCCCC. The molecule has 0 aliphatic carbocycles. The number of allylic oxidation sites excluding steroid dienone is 10. The van der Waals surface area contributed by atoms with E-state index in [4.69, 9.17) is 14.2 Å². The van der Waals surface area contributed by atoms with Gasteiger partial charge in [0, 0.05) is 19.3 Å². The summed E-state index contributed by atoms with van der Waals surface area (Å²) in [7, 11) is 0. The predicted molar refractivity (Wildman–Crippen MR) is 261 cm³/mol. The minimum atomic E-state index is -0.789. The number of carbonyl (C=O) groups excluding carboxylic acids is 3. The van der Waals surface area contributed by atoms with Crippen LogP contribution in [0.4, 0.5) is 0 Å². The summed E-state index contributed by atoms with van der Waals surface area (Å²) < 4.78 is 16.8. The Morgan fingerprint density at radius 3 is 1.05 bits per heavy atom. The zero-order valence-corrected chi connectivity index (χ0v) is 40.2. The molecule has 1 atom stereocenters. The molecule has 0 aliphatic heterocycles. The summed E-state index contributed by atoms with van der Waals surface area (Å²) in [6.07, 6.45) is 60.6. The van der Waals surface area contributed by atoms with E-state index in [0.29, 0.717) is 19.3 Å². The van der Waals surface area contributed by atoms with Gasteiger partial charge < -0.3 is 14.2 Å². The van der Waals surface area contributed by atoms with Crippen LogP contribution in [0.1, 0.15) is 252 Å². The second-order valence-electron chi connectivity index (χ2n) is 17.1. The van der Waals surface area contributed by atoms with E-state index in [1.165, 1.54) is 116 Å². The van der Waals surface area contributed by atoms with Crippen molar-refractivity contribution >= 4 is 17.9 Å². The highest BCUT2D eigenvalue weighted by atomic mass is 16.6. The fourth-order valence-electron chi connectivity index (χ4n) is 7.13. The first-order chi connectivity index (χ1) is 30.0. The van der Waals surface area contributed by atoms with Crippen LogP contribution in [-0.4, -0.2) is 37.2 Å². The molecule has 0 amide bonds. The van der Waals surface area contributed by atoms with E-state index in [9.17, 15) is 14.4 Å². The summed E-state index contributed by atoms with van der Waals surface area (Å²) in [5.41, 5.74) is 0. The van der Waals surface area contributed by atoms with E-state index in [1.807, 2.05) is 0 Å². The van der Waals surface area contributed by atoms with Gasteiger partial charge in [-0.05, 0) is 83.5 Å². The van der Waals surface area contributed by atoms with Crippen LogP contribution in [-0.2, 0) is 28.6 Å². The topological polar surface area (TPSA) is 78.9 Å². The van der Waals surface area contributed by atoms with E-state index >= 15 is 0 Å². The first kappa shape index (κ1) is 58.1. The van der Waals surface area contributed by atoms with Gasteiger partial charge in [0.2, 0.25) is 0 Å². The van der Waals surface area contributed by atoms with Crippen molar-refractivity contribution in [3.63, 3.8) is 0 Å². The van der Waals surface area contributed by atoms with Crippen molar-refractivity contribution in [3.05, 3.63) is 60.8 Å². The van der Waals surface area contributed by atoms with Gasteiger partial charge in [0.1, 0.15) is 13.2 Å². The normalized spacial score (nSPS) is 12.5. The van der Waals surface area contributed by atoms with E-state index in [1.54, 1.807) is 0 Å². The average Bonchev–Trinajstić information content (AvgIpc) is 3.26. The van der Waals surface area contributed by atoms with E-state index < -0.39 is 6.10 Å². The predicted octanol–water partition coefficient (Wildman–Crippen LogP) is 16.9. The molecular weight excluding hydrogens is 757 g/mol. The molecule has 0 N–H and O–H groups in total. The summed E-state index contributed by atoms with van der Waals surface area (Å²) in [5.74, 6) is -0.920. The molecule has 0 aromatic carbocycles. The average molecular weight is 853 g/mol. The third-order valence-corrected chi connectivity index (χ3v) is 11.0. The number of carbonyl (C=O) groups is 3. The van der Waals surface area contributed by atoms with Crippen LogP contribution in [0.5, 0.6) is 0 Å². The maximum atomic E-state index is 12.8. The summed E-state index contributed by atoms with van der Waals surface area (Å²) in [6, 6.07) is 0. The Labute approximate surface area is 377 Å². The molecule has 352 valence electrons. The number of unbranched alkanes of at least 4 members (excludes halogenated alkanes) is 25. The molecule has 0 radical (unpaired) electrons. The Morgan fingerprint density at radius 2 is 0.639 bits per heavy atom. The third-order valence-electron chi connectivity index (χ3n) is 11.0. The summed E-state index contributed by atoms with van der Waals surface area (Å²) in [5, 5.41) is 0. The van der Waals surface area contributed by atoms with Crippen LogP contribution in [0.25, 0.3) is 0 Å². The highest BCUT2D eigenvalue weighted by Crippen LogP contribution is 2.15. The fourth-order valence-corrected chi connectivity index (χ4v) is 7.13. The van der Waals surface area contributed by atoms with Gasteiger partial charge in [0.15, 0.2) is 6.10 Å².